The molecule has 2 N–H and O–H groups in total. The van der Waals surface area contributed by atoms with E-state index in [1.165, 1.54) is 24.3 Å². The van der Waals surface area contributed by atoms with Gasteiger partial charge in [0.15, 0.2) is 0 Å². The molecule has 0 aromatic heterocycles. The summed E-state index contributed by atoms with van der Waals surface area (Å²) < 4.78 is 51.5. The summed E-state index contributed by atoms with van der Waals surface area (Å²) in [7, 11) is -7.88. The van der Waals surface area contributed by atoms with E-state index >= 15 is 0 Å². The van der Waals surface area contributed by atoms with E-state index in [-0.39, 0.29) is 26.3 Å². The van der Waals surface area contributed by atoms with Gasteiger partial charge in [-0.25, -0.2) is 21.6 Å². The summed E-state index contributed by atoms with van der Waals surface area (Å²) >= 11 is 5.88. The van der Waals surface area contributed by atoms with Gasteiger partial charge in [-0.3, -0.25) is 0 Å². The fraction of sp³-hybridized carbons (Fsp3) is 0.143. The summed E-state index contributed by atoms with van der Waals surface area (Å²) in [6.45, 7) is -0.590. The second kappa shape index (κ2) is 6.98. The Balaban J connectivity index is 2.54. The van der Waals surface area contributed by atoms with Gasteiger partial charge in [0, 0.05) is 6.54 Å². The lowest BCUT2D eigenvalue weighted by molar-refractivity contribution is 0.301. The molecule has 0 heterocycles. The van der Waals surface area contributed by atoms with E-state index in [2.05, 4.69) is 4.72 Å². The normalized spacial score (nSPS) is 12.3. The minimum atomic E-state index is -4.02. The average molecular weight is 376 g/mol. The first kappa shape index (κ1) is 17.9. The van der Waals surface area contributed by atoms with Crippen LogP contribution in [0.3, 0.4) is 0 Å². The van der Waals surface area contributed by atoms with Gasteiger partial charge in [0.25, 0.3) is 0 Å². The number of halogens is 1. The molecule has 0 bridgehead atoms. The Bertz CT molecular complexity index is 896. The Morgan fingerprint density at radius 2 is 1.61 bits per heavy atom. The maximum Gasteiger partial charge on any atom is 0.242 e. The minimum Gasteiger partial charge on any atom is -0.395 e. The summed E-state index contributed by atoms with van der Waals surface area (Å²) in [6, 6.07) is 11.1. The van der Waals surface area contributed by atoms with Gasteiger partial charge in [0.05, 0.1) is 21.4 Å². The molecule has 2 aromatic rings. The third-order valence-electron chi connectivity index (χ3n) is 2.96. The van der Waals surface area contributed by atoms with Crippen molar-refractivity contribution in [3.63, 3.8) is 0 Å². The lowest BCUT2D eigenvalue weighted by Crippen LogP contribution is -2.27. The first-order valence-corrected chi connectivity index (χ1v) is 9.83. The van der Waals surface area contributed by atoms with Crippen molar-refractivity contribution in [1.29, 1.82) is 0 Å². The molecule has 0 aliphatic carbocycles. The van der Waals surface area contributed by atoms with E-state index in [4.69, 9.17) is 16.7 Å². The second-order valence-electron chi connectivity index (χ2n) is 4.53. The van der Waals surface area contributed by atoms with E-state index in [0.717, 1.165) is 6.07 Å². The van der Waals surface area contributed by atoms with Crippen LogP contribution in [0.15, 0.2) is 63.2 Å². The zero-order chi connectivity index (χ0) is 17.1. The van der Waals surface area contributed by atoms with Crippen LogP contribution in [0.4, 0.5) is 0 Å². The highest BCUT2D eigenvalue weighted by molar-refractivity contribution is 7.91. The summed E-state index contributed by atoms with van der Waals surface area (Å²) in [4.78, 5) is -0.490. The molecule has 2 rings (SSSR count). The molecule has 0 saturated carbocycles. The third kappa shape index (κ3) is 3.91. The van der Waals surface area contributed by atoms with Gasteiger partial charge in [-0.1, -0.05) is 29.8 Å². The number of aliphatic hydroxyl groups is 1. The molecule has 0 aliphatic heterocycles. The number of aliphatic hydroxyl groups excluding tert-OH is 1. The largest absolute Gasteiger partial charge is 0.395 e. The standard InChI is InChI=1S/C14H14ClNO5S2/c15-13-7-6-12(10-14(13)23(20,21)16-8-9-17)22(18,19)11-4-2-1-3-5-11/h1-7,10,16-17H,8-9H2. The predicted molar refractivity (Wildman–Crippen MR) is 85.6 cm³/mol. The lowest BCUT2D eigenvalue weighted by atomic mass is 10.4. The molecule has 0 amide bonds. The van der Waals surface area contributed by atoms with E-state index in [9.17, 15) is 16.8 Å². The number of sulfonamides is 1. The summed E-state index contributed by atoms with van der Waals surface area (Å²) in [5.74, 6) is 0. The molecule has 9 heteroatoms. The minimum absolute atomic E-state index is 0.0500. The quantitative estimate of drug-likeness (QED) is 0.795. The zero-order valence-corrected chi connectivity index (χ0v) is 14.2. The van der Waals surface area contributed by atoms with Gasteiger partial charge in [0.1, 0.15) is 4.90 Å². The highest BCUT2D eigenvalue weighted by Gasteiger charge is 2.23. The Labute approximate surface area is 139 Å². The smallest absolute Gasteiger partial charge is 0.242 e. The first-order chi connectivity index (χ1) is 10.8. The van der Waals surface area contributed by atoms with Crippen LogP contribution in [-0.2, 0) is 19.9 Å². The molecule has 124 valence electrons. The monoisotopic (exact) mass is 375 g/mol. The van der Waals surface area contributed by atoms with Crippen molar-refractivity contribution in [2.24, 2.45) is 0 Å². The summed E-state index contributed by atoms with van der Waals surface area (Å²) in [5.41, 5.74) is 0. The van der Waals surface area contributed by atoms with E-state index < -0.39 is 26.5 Å². The van der Waals surface area contributed by atoms with Crippen LogP contribution in [0.25, 0.3) is 0 Å². The molecule has 0 atom stereocenters. The number of rotatable bonds is 6. The first-order valence-electron chi connectivity index (χ1n) is 6.49. The van der Waals surface area contributed by atoms with Gasteiger partial charge < -0.3 is 5.11 Å². The van der Waals surface area contributed by atoms with E-state index in [0.29, 0.717) is 0 Å². The van der Waals surface area contributed by atoms with Crippen molar-refractivity contribution < 1.29 is 21.9 Å². The van der Waals surface area contributed by atoms with Crippen molar-refractivity contribution in [1.82, 2.24) is 4.72 Å². The van der Waals surface area contributed by atoms with Crippen LogP contribution >= 0.6 is 11.6 Å². The molecule has 2 aromatic carbocycles. The molecule has 23 heavy (non-hydrogen) atoms. The number of hydrogen-bond acceptors (Lipinski definition) is 5. The molecule has 0 unspecified atom stereocenters. The van der Waals surface area contributed by atoms with Crippen LogP contribution < -0.4 is 4.72 Å². The molecular weight excluding hydrogens is 362 g/mol. The van der Waals surface area contributed by atoms with Crippen LogP contribution in [-0.4, -0.2) is 35.1 Å². The van der Waals surface area contributed by atoms with Crippen LogP contribution in [0, 0.1) is 0 Å². The molecule has 0 radical (unpaired) electrons. The van der Waals surface area contributed by atoms with Crippen LogP contribution in [0.1, 0.15) is 0 Å². The highest BCUT2D eigenvalue weighted by Crippen LogP contribution is 2.28. The van der Waals surface area contributed by atoms with Crippen LogP contribution in [0.5, 0.6) is 0 Å². The second-order valence-corrected chi connectivity index (χ2v) is 8.62. The number of benzene rings is 2. The fourth-order valence-electron chi connectivity index (χ4n) is 1.85. The molecule has 0 aliphatic rings. The van der Waals surface area contributed by atoms with Gasteiger partial charge in [-0.15, -0.1) is 0 Å². The zero-order valence-electron chi connectivity index (χ0n) is 11.8. The van der Waals surface area contributed by atoms with E-state index in [1.54, 1.807) is 18.2 Å². The SMILES string of the molecule is O=S(=O)(NCCO)c1cc(S(=O)(=O)c2ccccc2)ccc1Cl. The van der Waals surface area contributed by atoms with Gasteiger partial charge >= 0.3 is 0 Å². The third-order valence-corrected chi connectivity index (χ3v) is 6.67. The molecular formula is C14H14ClNO5S2. The molecule has 0 spiro atoms. The molecule has 0 fully saturated rings. The summed E-state index contributed by atoms with van der Waals surface area (Å²) in [5, 5.41) is 8.61. The fourth-order valence-corrected chi connectivity index (χ4v) is 4.78. The Morgan fingerprint density at radius 3 is 2.22 bits per heavy atom. The number of sulfone groups is 1. The van der Waals surface area contributed by atoms with Crippen molar-refractivity contribution >= 4 is 31.5 Å². The maximum atomic E-state index is 12.5. The predicted octanol–water partition coefficient (Wildman–Crippen LogP) is 1.44. The summed E-state index contributed by atoms with van der Waals surface area (Å²) in [6.07, 6.45) is 0. The van der Waals surface area contributed by atoms with Gasteiger partial charge in [0.2, 0.25) is 19.9 Å². The average Bonchev–Trinajstić information content (AvgIpc) is 2.54. The van der Waals surface area contributed by atoms with E-state index in [1.807, 2.05) is 0 Å². The maximum absolute atomic E-state index is 12.5. The van der Waals surface area contributed by atoms with Crippen LogP contribution in [0.2, 0.25) is 5.02 Å². The topological polar surface area (TPSA) is 101 Å². The Morgan fingerprint density at radius 1 is 0.957 bits per heavy atom. The Hall–Kier alpha value is -1.45. The van der Waals surface area contributed by atoms with Gasteiger partial charge in [-0.05, 0) is 30.3 Å². The highest BCUT2D eigenvalue weighted by atomic mass is 35.5. The number of nitrogens with one attached hydrogen (secondary N) is 1. The van der Waals surface area contributed by atoms with Gasteiger partial charge in [-0.2, -0.15) is 0 Å². The Kier molecular flexibility index (Phi) is 5.43. The molecule has 0 saturated heterocycles. The molecule has 6 nitrogen and oxygen atoms in total. The van der Waals surface area contributed by atoms with Crippen molar-refractivity contribution in [3.8, 4) is 0 Å². The lowest BCUT2D eigenvalue weighted by Gasteiger charge is -2.10. The van der Waals surface area contributed by atoms with Crippen molar-refractivity contribution in [2.45, 2.75) is 14.7 Å². The van der Waals surface area contributed by atoms with Crippen molar-refractivity contribution in [3.05, 3.63) is 53.6 Å². The van der Waals surface area contributed by atoms with Crippen molar-refractivity contribution in [2.75, 3.05) is 13.2 Å². The number of hydrogen-bond donors (Lipinski definition) is 2.